The molecule has 0 bridgehead atoms. The van der Waals surface area contributed by atoms with Gasteiger partial charge in [-0.25, -0.2) is 0 Å². The molecule has 0 aromatic heterocycles. The Balaban J connectivity index is 0.00000196. The maximum atomic E-state index is 10.7. The molecule has 78 valence electrons. The normalized spacial score (nSPS) is 10.5. The molecule has 7 heteroatoms. The standard InChI is InChI=1S/C8H9NO4S.Na.H/c9-8(10)7-3-1-6(2-4-7)5-14(11,12)13;;/h1-4H,5H2,(H2,9,10)(H,11,12,13);;. The second kappa shape index (κ2) is 5.62. The van der Waals surface area contributed by atoms with E-state index in [0.29, 0.717) is 11.1 Å². The van der Waals surface area contributed by atoms with Gasteiger partial charge >= 0.3 is 29.6 Å². The van der Waals surface area contributed by atoms with Crippen LogP contribution < -0.4 is 5.73 Å². The molecule has 0 spiro atoms. The van der Waals surface area contributed by atoms with Crippen molar-refractivity contribution in [3.05, 3.63) is 35.4 Å². The Bertz CT molecular complexity index is 440. The number of benzene rings is 1. The van der Waals surface area contributed by atoms with E-state index in [1.54, 1.807) is 0 Å². The van der Waals surface area contributed by atoms with Crippen LogP contribution in [-0.4, -0.2) is 48.4 Å². The summed E-state index contributed by atoms with van der Waals surface area (Å²) in [5.74, 6) is -1.05. The van der Waals surface area contributed by atoms with Gasteiger partial charge in [0, 0.05) is 5.56 Å². The van der Waals surface area contributed by atoms with Gasteiger partial charge < -0.3 is 5.73 Å². The van der Waals surface area contributed by atoms with Crippen LogP contribution in [0, 0.1) is 0 Å². The minimum atomic E-state index is -4.03. The number of rotatable bonds is 3. The summed E-state index contributed by atoms with van der Waals surface area (Å²) in [6, 6.07) is 5.66. The fraction of sp³-hybridized carbons (Fsp3) is 0.125. The van der Waals surface area contributed by atoms with Crippen molar-refractivity contribution >= 4 is 45.6 Å². The van der Waals surface area contributed by atoms with E-state index in [1.807, 2.05) is 0 Å². The molecule has 1 aromatic rings. The van der Waals surface area contributed by atoms with Gasteiger partial charge in [-0.15, -0.1) is 0 Å². The number of hydrogen-bond acceptors (Lipinski definition) is 3. The molecular weight excluding hydrogens is 229 g/mol. The molecule has 0 heterocycles. The zero-order chi connectivity index (χ0) is 10.8. The molecule has 0 atom stereocenters. The van der Waals surface area contributed by atoms with E-state index in [0.717, 1.165) is 0 Å². The summed E-state index contributed by atoms with van der Waals surface area (Å²) in [5.41, 5.74) is 5.68. The second-order valence-electron chi connectivity index (χ2n) is 2.79. The Hall–Kier alpha value is -0.400. The van der Waals surface area contributed by atoms with E-state index in [4.69, 9.17) is 10.3 Å². The third-order valence-corrected chi connectivity index (χ3v) is 2.29. The summed E-state index contributed by atoms with van der Waals surface area (Å²) >= 11 is 0. The third kappa shape index (κ3) is 5.29. The van der Waals surface area contributed by atoms with Gasteiger partial charge in [0.1, 0.15) is 5.75 Å². The predicted molar refractivity (Wildman–Crippen MR) is 57.4 cm³/mol. The SMILES string of the molecule is NC(=O)c1ccc(CS(=O)(=O)O)cc1.[NaH]. The zero-order valence-corrected chi connectivity index (χ0v) is 7.99. The molecule has 5 nitrogen and oxygen atoms in total. The summed E-state index contributed by atoms with van der Waals surface area (Å²) in [4.78, 5) is 10.7. The fourth-order valence-electron chi connectivity index (χ4n) is 0.976. The van der Waals surface area contributed by atoms with E-state index < -0.39 is 21.8 Å². The van der Waals surface area contributed by atoms with Crippen LogP contribution in [0.1, 0.15) is 15.9 Å². The van der Waals surface area contributed by atoms with Crippen molar-refractivity contribution in [2.75, 3.05) is 0 Å². The molecule has 0 unspecified atom stereocenters. The van der Waals surface area contributed by atoms with Crippen LogP contribution in [-0.2, 0) is 15.9 Å². The number of amides is 1. The van der Waals surface area contributed by atoms with Crippen molar-refractivity contribution < 1.29 is 17.8 Å². The molecule has 1 aromatic carbocycles. The fourth-order valence-corrected chi connectivity index (χ4v) is 1.59. The number of carbonyl (C=O) groups is 1. The first-order valence-electron chi connectivity index (χ1n) is 3.72. The van der Waals surface area contributed by atoms with Crippen LogP contribution in [0.15, 0.2) is 24.3 Å². The summed E-state index contributed by atoms with van der Waals surface area (Å²) in [5, 5.41) is 0. The zero-order valence-electron chi connectivity index (χ0n) is 7.17. The van der Waals surface area contributed by atoms with Gasteiger partial charge in [0.25, 0.3) is 10.1 Å². The predicted octanol–water partition coefficient (Wildman–Crippen LogP) is -0.475. The monoisotopic (exact) mass is 239 g/mol. The molecule has 1 amide bonds. The van der Waals surface area contributed by atoms with Crippen molar-refractivity contribution in [2.24, 2.45) is 5.73 Å². The average Bonchev–Trinajstić information content (AvgIpc) is 2.02. The Morgan fingerprint density at radius 3 is 2.07 bits per heavy atom. The molecular formula is C8H10NNaO4S. The van der Waals surface area contributed by atoms with Crippen molar-refractivity contribution in [3.63, 3.8) is 0 Å². The second-order valence-corrected chi connectivity index (χ2v) is 4.24. The van der Waals surface area contributed by atoms with Gasteiger partial charge in [-0.05, 0) is 17.7 Å². The first kappa shape index (κ1) is 14.6. The number of hydrogen-bond donors (Lipinski definition) is 2. The molecule has 0 fully saturated rings. The van der Waals surface area contributed by atoms with Crippen molar-refractivity contribution in [1.82, 2.24) is 0 Å². The molecule has 0 radical (unpaired) electrons. The van der Waals surface area contributed by atoms with Crippen LogP contribution in [0.5, 0.6) is 0 Å². The molecule has 0 saturated heterocycles. The van der Waals surface area contributed by atoms with Gasteiger partial charge in [-0.1, -0.05) is 12.1 Å². The van der Waals surface area contributed by atoms with E-state index in [9.17, 15) is 13.2 Å². The molecule has 0 aliphatic rings. The Morgan fingerprint density at radius 1 is 1.27 bits per heavy atom. The first-order valence-corrected chi connectivity index (χ1v) is 5.33. The van der Waals surface area contributed by atoms with Gasteiger partial charge in [0.15, 0.2) is 0 Å². The third-order valence-electron chi connectivity index (χ3n) is 1.59. The molecule has 0 aliphatic heterocycles. The number of carbonyl (C=O) groups excluding carboxylic acids is 1. The van der Waals surface area contributed by atoms with Gasteiger partial charge in [0.2, 0.25) is 5.91 Å². The molecule has 0 saturated carbocycles. The topological polar surface area (TPSA) is 97.5 Å². The van der Waals surface area contributed by atoms with Crippen LogP contribution >= 0.6 is 0 Å². The summed E-state index contributed by atoms with van der Waals surface area (Å²) < 4.78 is 29.5. The Morgan fingerprint density at radius 2 is 1.73 bits per heavy atom. The van der Waals surface area contributed by atoms with Gasteiger partial charge in [-0.3, -0.25) is 9.35 Å². The molecule has 0 aliphatic carbocycles. The number of nitrogens with two attached hydrogens (primary N) is 1. The van der Waals surface area contributed by atoms with E-state index in [2.05, 4.69) is 0 Å². The molecule has 1 rings (SSSR count). The first-order chi connectivity index (χ1) is 6.38. The summed E-state index contributed by atoms with van der Waals surface area (Å²) in [6.45, 7) is 0. The van der Waals surface area contributed by atoms with Crippen LogP contribution in [0.4, 0.5) is 0 Å². The minimum absolute atomic E-state index is 0. The van der Waals surface area contributed by atoms with E-state index >= 15 is 0 Å². The maximum absolute atomic E-state index is 10.7. The van der Waals surface area contributed by atoms with Gasteiger partial charge in [-0.2, -0.15) is 8.42 Å². The van der Waals surface area contributed by atoms with E-state index in [1.165, 1.54) is 24.3 Å². The van der Waals surface area contributed by atoms with Crippen LogP contribution in [0.2, 0.25) is 0 Å². The quantitative estimate of drug-likeness (QED) is 0.550. The van der Waals surface area contributed by atoms with Crippen molar-refractivity contribution in [1.29, 1.82) is 0 Å². The van der Waals surface area contributed by atoms with Gasteiger partial charge in [0.05, 0.1) is 0 Å². The van der Waals surface area contributed by atoms with E-state index in [-0.39, 0.29) is 29.6 Å². The van der Waals surface area contributed by atoms with Crippen LogP contribution in [0.3, 0.4) is 0 Å². The van der Waals surface area contributed by atoms with Crippen LogP contribution in [0.25, 0.3) is 0 Å². The Labute approximate surface area is 110 Å². The average molecular weight is 239 g/mol. The molecule has 15 heavy (non-hydrogen) atoms. The Kier molecular flexibility index (Phi) is 5.47. The number of primary amides is 1. The van der Waals surface area contributed by atoms with Crippen molar-refractivity contribution in [3.8, 4) is 0 Å². The summed E-state index contributed by atoms with van der Waals surface area (Å²) in [6.07, 6.45) is 0. The molecule has 3 N–H and O–H groups in total. The van der Waals surface area contributed by atoms with Crippen molar-refractivity contribution in [2.45, 2.75) is 5.75 Å². The summed E-state index contributed by atoms with van der Waals surface area (Å²) in [7, 11) is -4.03.